The van der Waals surface area contributed by atoms with Gasteiger partial charge in [-0.05, 0) is 31.2 Å². The standard InChI is InChI=1S/C20H20N2O3S2/c1-14-7-9-15(10-8-14)26-13-18(23)21-20-22(12-11-19(24)25-2)16-5-3-4-6-17(16)27-20/h3-10H,11-13H2,1-2H3. The van der Waals surface area contributed by atoms with Gasteiger partial charge < -0.3 is 9.30 Å². The number of rotatable bonds is 6. The molecule has 140 valence electrons. The minimum Gasteiger partial charge on any atom is -0.469 e. The molecule has 0 bridgehead atoms. The van der Waals surface area contributed by atoms with E-state index >= 15 is 0 Å². The Bertz CT molecular complexity index is 1020. The van der Waals surface area contributed by atoms with Gasteiger partial charge in [-0.3, -0.25) is 9.59 Å². The highest BCUT2D eigenvalue weighted by atomic mass is 32.2. The normalized spacial score (nSPS) is 11.7. The summed E-state index contributed by atoms with van der Waals surface area (Å²) in [5, 5.41) is 0. The first-order valence-electron chi connectivity index (χ1n) is 8.49. The molecule has 3 rings (SSSR count). The molecule has 1 aromatic heterocycles. The smallest absolute Gasteiger partial charge is 0.307 e. The van der Waals surface area contributed by atoms with Crippen LogP contribution in [0.4, 0.5) is 0 Å². The summed E-state index contributed by atoms with van der Waals surface area (Å²) in [4.78, 5) is 29.9. The van der Waals surface area contributed by atoms with Crippen LogP contribution in [0.25, 0.3) is 10.2 Å². The zero-order valence-electron chi connectivity index (χ0n) is 15.2. The van der Waals surface area contributed by atoms with Crippen molar-refractivity contribution < 1.29 is 14.3 Å². The van der Waals surface area contributed by atoms with E-state index in [1.807, 2.05) is 60.0 Å². The van der Waals surface area contributed by atoms with Crippen LogP contribution in [-0.4, -0.2) is 29.3 Å². The number of thioether (sulfide) groups is 1. The number of para-hydroxylation sites is 1. The third-order valence-electron chi connectivity index (χ3n) is 3.96. The van der Waals surface area contributed by atoms with Crippen molar-refractivity contribution in [1.29, 1.82) is 0 Å². The summed E-state index contributed by atoms with van der Waals surface area (Å²) in [5.41, 5.74) is 2.15. The molecule has 2 aromatic carbocycles. The van der Waals surface area contributed by atoms with Crippen LogP contribution in [0.5, 0.6) is 0 Å². The monoisotopic (exact) mass is 400 g/mol. The lowest BCUT2D eigenvalue weighted by Gasteiger charge is -2.04. The minimum atomic E-state index is -0.287. The number of fused-ring (bicyclic) bond motifs is 1. The molecule has 0 fully saturated rings. The second kappa shape index (κ2) is 9.01. The molecular formula is C20H20N2O3S2. The van der Waals surface area contributed by atoms with Gasteiger partial charge in [0.05, 0.1) is 29.5 Å². The van der Waals surface area contributed by atoms with E-state index in [2.05, 4.69) is 4.99 Å². The number of nitrogens with zero attached hydrogens (tertiary/aromatic N) is 2. The maximum Gasteiger partial charge on any atom is 0.307 e. The van der Waals surface area contributed by atoms with Gasteiger partial charge in [-0.25, -0.2) is 0 Å². The zero-order chi connectivity index (χ0) is 19.2. The van der Waals surface area contributed by atoms with Crippen molar-refractivity contribution in [3.05, 3.63) is 58.9 Å². The maximum atomic E-state index is 12.4. The Kier molecular flexibility index (Phi) is 6.47. The lowest BCUT2D eigenvalue weighted by atomic mass is 10.2. The average Bonchev–Trinajstić information content (AvgIpc) is 3.02. The van der Waals surface area contributed by atoms with Crippen LogP contribution < -0.4 is 4.80 Å². The number of carbonyl (C=O) groups excluding carboxylic acids is 2. The summed E-state index contributed by atoms with van der Waals surface area (Å²) in [5.74, 6) is -0.210. The van der Waals surface area contributed by atoms with Gasteiger partial charge >= 0.3 is 5.97 Å². The summed E-state index contributed by atoms with van der Waals surface area (Å²) in [6.07, 6.45) is 0.233. The number of hydrogen-bond acceptors (Lipinski definition) is 5. The highest BCUT2D eigenvalue weighted by Gasteiger charge is 2.10. The predicted molar refractivity (Wildman–Crippen MR) is 109 cm³/mol. The molecule has 0 radical (unpaired) electrons. The van der Waals surface area contributed by atoms with Crippen molar-refractivity contribution in [3.63, 3.8) is 0 Å². The van der Waals surface area contributed by atoms with Crippen LogP contribution in [0.3, 0.4) is 0 Å². The van der Waals surface area contributed by atoms with Crippen molar-refractivity contribution in [2.45, 2.75) is 24.8 Å². The Labute approximate surface area is 165 Å². The van der Waals surface area contributed by atoms with E-state index in [4.69, 9.17) is 4.74 Å². The Morgan fingerprint density at radius 1 is 1.15 bits per heavy atom. The number of aromatic nitrogens is 1. The van der Waals surface area contributed by atoms with E-state index in [0.717, 1.165) is 15.1 Å². The van der Waals surface area contributed by atoms with E-state index in [1.54, 1.807) is 0 Å². The number of amides is 1. The molecule has 0 spiro atoms. The van der Waals surface area contributed by atoms with E-state index in [1.165, 1.54) is 35.8 Å². The molecule has 0 aliphatic rings. The fourth-order valence-electron chi connectivity index (χ4n) is 2.55. The molecule has 0 aliphatic heterocycles. The molecule has 1 amide bonds. The molecule has 0 unspecified atom stereocenters. The topological polar surface area (TPSA) is 60.7 Å². The van der Waals surface area contributed by atoms with Crippen LogP contribution in [0.15, 0.2) is 58.4 Å². The number of benzene rings is 2. The molecule has 1 heterocycles. The molecule has 0 N–H and O–H groups in total. The van der Waals surface area contributed by atoms with Gasteiger partial charge in [-0.2, -0.15) is 4.99 Å². The number of hydrogen-bond donors (Lipinski definition) is 0. The third-order valence-corrected chi connectivity index (χ3v) is 6.02. The number of ether oxygens (including phenoxy) is 1. The highest BCUT2D eigenvalue weighted by molar-refractivity contribution is 8.00. The average molecular weight is 401 g/mol. The summed E-state index contributed by atoms with van der Waals surface area (Å²) >= 11 is 2.92. The molecule has 7 heteroatoms. The first kappa shape index (κ1) is 19.4. The summed E-state index contributed by atoms with van der Waals surface area (Å²) < 4.78 is 7.66. The summed E-state index contributed by atoms with van der Waals surface area (Å²) in [6, 6.07) is 15.9. The van der Waals surface area contributed by atoms with E-state index in [9.17, 15) is 9.59 Å². The second-order valence-corrected chi connectivity index (χ2v) is 8.00. The molecule has 0 saturated heterocycles. The van der Waals surface area contributed by atoms with Gasteiger partial charge in [0.2, 0.25) is 0 Å². The Hall–Kier alpha value is -2.38. The second-order valence-electron chi connectivity index (χ2n) is 5.94. The van der Waals surface area contributed by atoms with Gasteiger partial charge in [-0.15, -0.1) is 11.8 Å². The molecule has 0 aliphatic carbocycles. The Morgan fingerprint density at radius 2 is 1.89 bits per heavy atom. The number of thiazole rings is 1. The van der Waals surface area contributed by atoms with Crippen LogP contribution in [0.1, 0.15) is 12.0 Å². The molecule has 0 saturated carbocycles. The third kappa shape index (κ3) is 5.08. The van der Waals surface area contributed by atoms with E-state index in [0.29, 0.717) is 11.3 Å². The summed E-state index contributed by atoms with van der Waals surface area (Å²) in [6.45, 7) is 2.46. The highest BCUT2D eigenvalue weighted by Crippen LogP contribution is 2.19. The Morgan fingerprint density at radius 3 is 2.63 bits per heavy atom. The molecule has 3 aromatic rings. The number of esters is 1. The number of aryl methyl sites for hydroxylation is 2. The van der Waals surface area contributed by atoms with Crippen molar-refractivity contribution in [2.75, 3.05) is 12.9 Å². The SMILES string of the molecule is COC(=O)CCn1c(=NC(=O)CSc2ccc(C)cc2)sc2ccccc21. The molecular weight excluding hydrogens is 380 g/mol. The molecule has 5 nitrogen and oxygen atoms in total. The van der Waals surface area contributed by atoms with Crippen molar-refractivity contribution in [1.82, 2.24) is 4.57 Å². The van der Waals surface area contributed by atoms with Crippen LogP contribution >= 0.6 is 23.1 Å². The van der Waals surface area contributed by atoms with Gasteiger partial charge in [0.25, 0.3) is 5.91 Å². The number of carbonyl (C=O) groups is 2. The zero-order valence-corrected chi connectivity index (χ0v) is 16.8. The fraction of sp³-hybridized carbons (Fsp3) is 0.250. The van der Waals surface area contributed by atoms with E-state index < -0.39 is 0 Å². The first-order chi connectivity index (χ1) is 13.1. The van der Waals surface area contributed by atoms with Gasteiger partial charge in [0.15, 0.2) is 4.80 Å². The van der Waals surface area contributed by atoms with Gasteiger partial charge in [0, 0.05) is 11.4 Å². The fourth-order valence-corrected chi connectivity index (χ4v) is 4.30. The lowest BCUT2D eigenvalue weighted by molar-refractivity contribution is -0.140. The summed E-state index contributed by atoms with van der Waals surface area (Å²) in [7, 11) is 1.37. The van der Waals surface area contributed by atoms with Crippen molar-refractivity contribution >= 4 is 45.2 Å². The van der Waals surface area contributed by atoms with Crippen molar-refractivity contribution in [3.8, 4) is 0 Å². The largest absolute Gasteiger partial charge is 0.469 e. The molecule has 27 heavy (non-hydrogen) atoms. The minimum absolute atomic E-state index is 0.195. The predicted octanol–water partition coefficient (Wildman–Crippen LogP) is 3.79. The van der Waals surface area contributed by atoms with Crippen molar-refractivity contribution in [2.24, 2.45) is 4.99 Å². The lowest BCUT2D eigenvalue weighted by Crippen LogP contribution is -2.19. The van der Waals surface area contributed by atoms with Gasteiger partial charge in [-0.1, -0.05) is 41.2 Å². The van der Waals surface area contributed by atoms with Crippen LogP contribution in [0.2, 0.25) is 0 Å². The Balaban J connectivity index is 1.81. The quantitative estimate of drug-likeness (QED) is 0.466. The van der Waals surface area contributed by atoms with Crippen LogP contribution in [-0.2, 0) is 20.9 Å². The van der Waals surface area contributed by atoms with Gasteiger partial charge in [0.1, 0.15) is 0 Å². The van der Waals surface area contributed by atoms with E-state index in [-0.39, 0.29) is 24.1 Å². The molecule has 0 atom stereocenters. The maximum absolute atomic E-state index is 12.4. The number of methoxy groups -OCH3 is 1. The van der Waals surface area contributed by atoms with Crippen LogP contribution in [0, 0.1) is 6.92 Å². The first-order valence-corrected chi connectivity index (χ1v) is 10.3.